The number of aliphatic hydroxyl groups is 1. The number of hydrogen-bond acceptors (Lipinski definition) is 2. The topological polar surface area (TPSA) is 33.1 Å². The van der Waals surface area contributed by atoms with Crippen molar-refractivity contribution in [3.63, 3.8) is 0 Å². The fourth-order valence-electron chi connectivity index (χ4n) is 2.79. The zero-order chi connectivity index (χ0) is 20.1. The number of rotatable bonds is 3. The van der Waals surface area contributed by atoms with Gasteiger partial charge in [-0.2, -0.15) is 0 Å². The average Bonchev–Trinajstić information content (AvgIpc) is 2.60. The van der Waals surface area contributed by atoms with Gasteiger partial charge in [-0.1, -0.05) is 52.8 Å². The average molecular weight is 554 g/mol. The zero-order valence-corrected chi connectivity index (χ0v) is 20.1. The molecule has 0 aliphatic rings. The summed E-state index contributed by atoms with van der Waals surface area (Å²) in [5.41, 5.74) is 5.87. The van der Waals surface area contributed by atoms with Crippen LogP contribution in [0.15, 0.2) is 42.6 Å². The third kappa shape index (κ3) is 6.51. The molecule has 2 atom stereocenters. The van der Waals surface area contributed by atoms with E-state index < -0.39 is 0 Å². The van der Waals surface area contributed by atoms with Crippen LogP contribution in [0.5, 0.6) is 0 Å². The van der Waals surface area contributed by atoms with Gasteiger partial charge in [-0.05, 0) is 40.9 Å². The van der Waals surface area contributed by atoms with Gasteiger partial charge in [0.15, 0.2) is 0 Å². The largest absolute Gasteiger partial charge is 0.396 e. The number of hydrogen-bond donors (Lipinski definition) is 1. The van der Waals surface area contributed by atoms with Crippen LogP contribution in [0.4, 0.5) is 0 Å². The van der Waals surface area contributed by atoms with E-state index in [2.05, 4.69) is 82.1 Å². The smallest absolute Gasteiger partial charge is 0.0266 e. The molecule has 2 aromatic carbocycles. The number of aromatic nitrogens is 1. The summed E-state index contributed by atoms with van der Waals surface area (Å²) in [5, 5.41) is 11.0. The van der Waals surface area contributed by atoms with Crippen molar-refractivity contribution in [3.8, 4) is 11.3 Å². The Morgan fingerprint density at radius 1 is 1.00 bits per heavy atom. The molecule has 0 bridgehead atoms. The van der Waals surface area contributed by atoms with E-state index in [0.29, 0.717) is 5.92 Å². The Kier molecular flexibility index (Phi) is 9.50. The summed E-state index contributed by atoms with van der Waals surface area (Å²) in [7, 11) is 0. The Morgan fingerprint density at radius 2 is 1.64 bits per heavy atom. The molecule has 0 fully saturated rings. The maximum Gasteiger partial charge on any atom is 0.0266 e. The van der Waals surface area contributed by atoms with Crippen molar-refractivity contribution in [3.05, 3.63) is 72.3 Å². The Morgan fingerprint density at radius 3 is 2.18 bits per heavy atom. The van der Waals surface area contributed by atoms with Gasteiger partial charge < -0.3 is 17.0 Å². The summed E-state index contributed by atoms with van der Waals surface area (Å²) >= 11 is 0. The first-order valence-electron chi connectivity index (χ1n) is 9.59. The Balaban J connectivity index is 0.000000492. The second-order valence-electron chi connectivity index (χ2n) is 7.77. The molecule has 2 nitrogen and oxygen atoms in total. The molecule has 0 spiro atoms. The van der Waals surface area contributed by atoms with Crippen LogP contribution in [0.1, 0.15) is 50.3 Å². The van der Waals surface area contributed by atoms with Gasteiger partial charge in [0, 0.05) is 32.4 Å². The number of aliphatic hydroxyl groups excluding tert-OH is 1. The molecule has 1 N–H and O–H groups in total. The normalized spacial score (nSPS) is 12.8. The first-order valence-corrected chi connectivity index (χ1v) is 9.59. The molecule has 28 heavy (non-hydrogen) atoms. The monoisotopic (exact) mass is 554 g/mol. The minimum absolute atomic E-state index is 0. The SMILES string of the molecule is Cc1[c-]c(-c2nccc3cc(C(C)C)ccc23)cc(C)c1.[CH2-]C(C)C(C)O.[Ir]. The number of benzene rings is 2. The van der Waals surface area contributed by atoms with Crippen LogP contribution in [-0.2, 0) is 20.1 Å². The molecule has 0 saturated heterocycles. The number of fused-ring (bicyclic) bond motifs is 1. The molecular formula is C25H31IrNO-2. The molecule has 1 radical (unpaired) electrons. The van der Waals surface area contributed by atoms with Crippen LogP contribution < -0.4 is 0 Å². The second kappa shape index (κ2) is 10.9. The summed E-state index contributed by atoms with van der Waals surface area (Å²) in [5.74, 6) is 0.698. The van der Waals surface area contributed by atoms with Crippen LogP contribution in [0.3, 0.4) is 0 Å². The summed E-state index contributed by atoms with van der Waals surface area (Å²) in [6.07, 6.45) is 1.64. The second-order valence-corrected chi connectivity index (χ2v) is 7.77. The molecule has 0 saturated carbocycles. The predicted molar refractivity (Wildman–Crippen MR) is 116 cm³/mol. The van der Waals surface area contributed by atoms with E-state index in [0.717, 1.165) is 16.8 Å². The summed E-state index contributed by atoms with van der Waals surface area (Å²) < 4.78 is 0. The van der Waals surface area contributed by atoms with Crippen molar-refractivity contribution in [2.75, 3.05) is 0 Å². The van der Waals surface area contributed by atoms with Gasteiger partial charge in [0.1, 0.15) is 0 Å². The van der Waals surface area contributed by atoms with E-state index in [1.807, 2.05) is 13.1 Å². The molecule has 3 heteroatoms. The van der Waals surface area contributed by atoms with Gasteiger partial charge in [0.25, 0.3) is 0 Å². The van der Waals surface area contributed by atoms with Crippen molar-refractivity contribution in [1.82, 2.24) is 4.98 Å². The summed E-state index contributed by atoms with van der Waals surface area (Å²) in [6.45, 7) is 15.8. The molecular weight excluding hydrogens is 522 g/mol. The minimum atomic E-state index is -0.259. The van der Waals surface area contributed by atoms with Gasteiger partial charge in [0.05, 0.1) is 0 Å². The van der Waals surface area contributed by atoms with E-state index in [-0.39, 0.29) is 32.1 Å². The van der Waals surface area contributed by atoms with Crippen LogP contribution in [0, 0.1) is 32.8 Å². The fraction of sp³-hybridized carbons (Fsp3) is 0.360. The van der Waals surface area contributed by atoms with Crippen molar-refractivity contribution >= 4 is 10.8 Å². The Hall–Kier alpha value is -1.54. The van der Waals surface area contributed by atoms with E-state index in [4.69, 9.17) is 5.11 Å². The fourth-order valence-corrected chi connectivity index (χ4v) is 2.79. The third-order valence-corrected chi connectivity index (χ3v) is 4.68. The predicted octanol–water partition coefficient (Wildman–Crippen LogP) is 6.28. The first kappa shape index (κ1) is 24.5. The summed E-state index contributed by atoms with van der Waals surface area (Å²) in [6, 6.07) is 16.5. The Bertz CT molecular complexity index is 874. The summed E-state index contributed by atoms with van der Waals surface area (Å²) in [4.78, 5) is 4.60. The third-order valence-electron chi connectivity index (χ3n) is 4.68. The quantitative estimate of drug-likeness (QED) is 0.388. The van der Waals surface area contributed by atoms with E-state index in [1.165, 1.54) is 21.9 Å². The van der Waals surface area contributed by atoms with Crippen molar-refractivity contribution in [2.45, 2.75) is 53.6 Å². The Labute approximate surface area is 183 Å². The molecule has 3 aromatic rings. The first-order chi connectivity index (χ1) is 12.7. The molecule has 1 aromatic heterocycles. The molecule has 2 unspecified atom stereocenters. The van der Waals surface area contributed by atoms with E-state index >= 15 is 0 Å². The van der Waals surface area contributed by atoms with Crippen LogP contribution >= 0.6 is 0 Å². The zero-order valence-electron chi connectivity index (χ0n) is 17.7. The van der Waals surface area contributed by atoms with E-state index in [9.17, 15) is 0 Å². The molecule has 0 aliphatic heterocycles. The maximum atomic E-state index is 8.57. The number of pyridine rings is 1. The molecule has 153 valence electrons. The van der Waals surface area contributed by atoms with Gasteiger partial charge >= 0.3 is 0 Å². The minimum Gasteiger partial charge on any atom is -0.396 e. The van der Waals surface area contributed by atoms with Gasteiger partial charge in [-0.25, -0.2) is 0 Å². The van der Waals surface area contributed by atoms with Gasteiger partial charge in [0.2, 0.25) is 0 Å². The van der Waals surface area contributed by atoms with Crippen molar-refractivity contribution < 1.29 is 25.2 Å². The van der Waals surface area contributed by atoms with E-state index in [1.54, 1.807) is 6.92 Å². The van der Waals surface area contributed by atoms with Crippen molar-refractivity contribution in [2.24, 2.45) is 5.92 Å². The number of aryl methyl sites for hydroxylation is 2. The number of nitrogens with zero attached hydrogens (tertiary/aromatic N) is 1. The van der Waals surface area contributed by atoms with Crippen LogP contribution in [0.25, 0.3) is 22.0 Å². The molecule has 3 rings (SSSR count). The van der Waals surface area contributed by atoms with Crippen LogP contribution in [-0.4, -0.2) is 16.2 Å². The van der Waals surface area contributed by atoms with Crippen molar-refractivity contribution in [1.29, 1.82) is 0 Å². The molecule has 0 aliphatic carbocycles. The van der Waals surface area contributed by atoms with Gasteiger partial charge in [-0.3, -0.25) is 0 Å². The maximum absolute atomic E-state index is 8.57. The molecule has 1 heterocycles. The van der Waals surface area contributed by atoms with Gasteiger partial charge in [-0.15, -0.1) is 40.8 Å². The van der Waals surface area contributed by atoms with Crippen LogP contribution in [0.2, 0.25) is 0 Å². The molecule has 0 amide bonds. The standard InChI is InChI=1S/C20H20N.C5H11O.Ir/c1-13(2)16-5-6-19-17(12-16)7-8-21-20(19)18-10-14(3)9-15(4)11-18;1-4(2)5(3)6;/h5-10,12-13H,1-4H3;4-6H,1H2,2-3H3;/q2*-1;.